The average Bonchev–Trinajstić information content (AvgIpc) is 3.16. The van der Waals surface area contributed by atoms with Crippen LogP contribution in [0.3, 0.4) is 0 Å². The highest BCUT2D eigenvalue weighted by atomic mass is 35.5. The van der Waals surface area contributed by atoms with Crippen LogP contribution in [0, 0.1) is 11.9 Å². The van der Waals surface area contributed by atoms with Crippen molar-refractivity contribution in [1.82, 2.24) is 9.55 Å². The van der Waals surface area contributed by atoms with Crippen molar-refractivity contribution in [1.29, 1.82) is 0 Å². The largest absolute Gasteiger partial charge is 0.466 e. The quantitative estimate of drug-likeness (QED) is 0.793. The van der Waals surface area contributed by atoms with E-state index in [9.17, 15) is 9.18 Å². The summed E-state index contributed by atoms with van der Waals surface area (Å²) in [6.07, 6.45) is 3.55. The third-order valence-corrected chi connectivity index (χ3v) is 4.14. The topological polar surface area (TPSA) is 44.1 Å². The fraction of sp³-hybridized carbons (Fsp3) is 0.375. The van der Waals surface area contributed by atoms with Crippen LogP contribution in [0.2, 0.25) is 5.02 Å². The molecule has 0 spiro atoms. The monoisotopic (exact) mass is 322 g/mol. The van der Waals surface area contributed by atoms with E-state index in [4.69, 9.17) is 16.3 Å². The van der Waals surface area contributed by atoms with Gasteiger partial charge in [-0.05, 0) is 36.5 Å². The minimum atomic E-state index is -0.502. The van der Waals surface area contributed by atoms with Crippen LogP contribution < -0.4 is 0 Å². The second-order valence-electron chi connectivity index (χ2n) is 5.43. The van der Waals surface area contributed by atoms with E-state index in [0.29, 0.717) is 18.2 Å². The van der Waals surface area contributed by atoms with Crippen molar-refractivity contribution in [3.63, 3.8) is 0 Å². The predicted molar refractivity (Wildman–Crippen MR) is 80.2 cm³/mol. The van der Waals surface area contributed by atoms with Crippen LogP contribution in [0.25, 0.3) is 0 Å². The van der Waals surface area contributed by atoms with Crippen LogP contribution in [0.1, 0.15) is 30.4 Å². The number of hydrogen-bond acceptors (Lipinski definition) is 3. The van der Waals surface area contributed by atoms with Crippen molar-refractivity contribution in [2.24, 2.45) is 5.92 Å². The Morgan fingerprint density at radius 2 is 2.36 bits per heavy atom. The molecule has 0 saturated heterocycles. The number of carbonyl (C=O) groups excluding carboxylic acids is 1. The van der Waals surface area contributed by atoms with E-state index in [-0.39, 0.29) is 17.8 Å². The second-order valence-corrected chi connectivity index (χ2v) is 5.83. The van der Waals surface area contributed by atoms with Crippen LogP contribution in [0.15, 0.2) is 30.7 Å². The summed E-state index contributed by atoms with van der Waals surface area (Å²) >= 11 is 6.33. The van der Waals surface area contributed by atoms with Gasteiger partial charge in [0.2, 0.25) is 5.95 Å². The highest BCUT2D eigenvalue weighted by Gasteiger charge is 2.45. The molecule has 2 aromatic rings. The van der Waals surface area contributed by atoms with E-state index in [1.165, 1.54) is 12.5 Å². The third kappa shape index (κ3) is 3.14. The first kappa shape index (κ1) is 15.0. The summed E-state index contributed by atoms with van der Waals surface area (Å²) in [5.41, 5.74) is 1.93. The van der Waals surface area contributed by atoms with Crippen LogP contribution in [-0.2, 0) is 16.1 Å². The van der Waals surface area contributed by atoms with Crippen LogP contribution in [-0.4, -0.2) is 22.1 Å². The molecule has 0 N–H and O–H groups in total. The van der Waals surface area contributed by atoms with E-state index in [0.717, 1.165) is 17.5 Å². The van der Waals surface area contributed by atoms with Crippen molar-refractivity contribution in [2.45, 2.75) is 25.8 Å². The Bertz CT molecular complexity index is 701. The molecule has 1 heterocycles. The molecule has 4 nitrogen and oxygen atoms in total. The summed E-state index contributed by atoms with van der Waals surface area (Å²) in [6.45, 7) is 2.70. The Labute approximate surface area is 132 Å². The first-order valence-corrected chi connectivity index (χ1v) is 7.58. The van der Waals surface area contributed by atoms with Gasteiger partial charge in [-0.2, -0.15) is 4.39 Å². The first-order chi connectivity index (χ1) is 10.6. The smallest absolute Gasteiger partial charge is 0.309 e. The molecule has 1 aliphatic rings. The van der Waals surface area contributed by atoms with Crippen LogP contribution in [0.4, 0.5) is 4.39 Å². The van der Waals surface area contributed by atoms with E-state index >= 15 is 0 Å². The van der Waals surface area contributed by atoms with Crippen molar-refractivity contribution < 1.29 is 13.9 Å². The van der Waals surface area contributed by atoms with Gasteiger partial charge in [0.15, 0.2) is 0 Å². The molecule has 1 fully saturated rings. The number of aromatic nitrogens is 2. The maximum absolute atomic E-state index is 12.9. The molecule has 1 aliphatic carbocycles. The molecule has 1 aromatic heterocycles. The van der Waals surface area contributed by atoms with Crippen molar-refractivity contribution in [3.05, 3.63) is 52.8 Å². The molecular weight excluding hydrogens is 307 g/mol. The van der Waals surface area contributed by atoms with E-state index in [1.807, 2.05) is 18.2 Å². The molecule has 0 bridgehead atoms. The zero-order chi connectivity index (χ0) is 15.7. The molecule has 3 rings (SSSR count). The normalized spacial score (nSPS) is 20.0. The molecule has 2 unspecified atom stereocenters. The Kier molecular flexibility index (Phi) is 4.16. The minimum Gasteiger partial charge on any atom is -0.466 e. The summed E-state index contributed by atoms with van der Waals surface area (Å²) in [4.78, 5) is 15.2. The summed E-state index contributed by atoms with van der Waals surface area (Å²) in [5.74, 6) is -0.586. The predicted octanol–water partition coefficient (Wildman–Crippen LogP) is 3.39. The number of imidazole rings is 1. The number of hydrogen-bond donors (Lipinski definition) is 0. The number of esters is 1. The lowest BCUT2D eigenvalue weighted by molar-refractivity contribution is -0.144. The molecule has 22 heavy (non-hydrogen) atoms. The minimum absolute atomic E-state index is 0.0777. The van der Waals surface area contributed by atoms with Gasteiger partial charge in [-0.3, -0.25) is 4.79 Å². The summed E-state index contributed by atoms with van der Waals surface area (Å²) in [6, 6.07) is 5.74. The van der Waals surface area contributed by atoms with Crippen molar-refractivity contribution in [2.75, 3.05) is 6.61 Å². The Balaban J connectivity index is 1.69. The number of halogens is 2. The molecule has 1 aromatic carbocycles. The molecule has 1 saturated carbocycles. The van der Waals surface area contributed by atoms with Crippen molar-refractivity contribution >= 4 is 17.6 Å². The number of rotatable bonds is 5. The van der Waals surface area contributed by atoms with E-state index in [1.54, 1.807) is 11.5 Å². The SMILES string of the molecule is CCOC(=O)C1CC1c1ccc(Cn2cnc(F)c2)cc1Cl. The van der Waals surface area contributed by atoms with Gasteiger partial charge in [-0.15, -0.1) is 0 Å². The second kappa shape index (κ2) is 6.08. The van der Waals surface area contributed by atoms with Crippen molar-refractivity contribution in [3.8, 4) is 0 Å². The van der Waals surface area contributed by atoms with Gasteiger partial charge in [0.25, 0.3) is 0 Å². The van der Waals surface area contributed by atoms with Gasteiger partial charge in [-0.25, -0.2) is 4.98 Å². The van der Waals surface area contributed by atoms with Gasteiger partial charge in [0.1, 0.15) is 0 Å². The molecule has 2 atom stereocenters. The maximum atomic E-state index is 12.9. The van der Waals surface area contributed by atoms with E-state index in [2.05, 4.69) is 4.98 Å². The maximum Gasteiger partial charge on any atom is 0.309 e. The number of ether oxygens (including phenoxy) is 1. The first-order valence-electron chi connectivity index (χ1n) is 7.20. The van der Waals surface area contributed by atoms with Gasteiger partial charge in [0, 0.05) is 11.6 Å². The molecular formula is C16H16ClFN2O2. The molecule has 6 heteroatoms. The lowest BCUT2D eigenvalue weighted by Crippen LogP contribution is -2.07. The standard InChI is InChI=1S/C16H16ClFN2O2/c1-2-22-16(21)13-6-12(13)11-4-3-10(5-14(11)17)7-20-8-15(18)19-9-20/h3-5,8-9,12-13H,2,6-7H2,1H3. The number of carbonyl (C=O) groups is 1. The summed E-state index contributed by atoms with van der Waals surface area (Å²) < 4.78 is 19.6. The Hall–Kier alpha value is -1.88. The fourth-order valence-corrected chi connectivity index (χ4v) is 2.99. The zero-order valence-corrected chi connectivity index (χ0v) is 12.9. The van der Waals surface area contributed by atoms with Crippen LogP contribution in [0.5, 0.6) is 0 Å². The highest BCUT2D eigenvalue weighted by Crippen LogP contribution is 2.50. The van der Waals surface area contributed by atoms with Gasteiger partial charge < -0.3 is 9.30 Å². The Morgan fingerprint density at radius 3 is 3.00 bits per heavy atom. The third-order valence-electron chi connectivity index (χ3n) is 3.81. The molecule has 0 radical (unpaired) electrons. The van der Waals surface area contributed by atoms with Gasteiger partial charge >= 0.3 is 5.97 Å². The van der Waals surface area contributed by atoms with Gasteiger partial charge in [0.05, 0.1) is 25.0 Å². The lowest BCUT2D eigenvalue weighted by Gasteiger charge is -2.08. The lowest BCUT2D eigenvalue weighted by atomic mass is 10.1. The highest BCUT2D eigenvalue weighted by molar-refractivity contribution is 6.31. The van der Waals surface area contributed by atoms with E-state index < -0.39 is 5.95 Å². The van der Waals surface area contributed by atoms with Gasteiger partial charge in [-0.1, -0.05) is 23.7 Å². The molecule has 0 amide bonds. The average molecular weight is 323 g/mol. The molecule has 0 aliphatic heterocycles. The number of nitrogens with zero attached hydrogens (tertiary/aromatic N) is 2. The number of benzene rings is 1. The summed E-state index contributed by atoms with van der Waals surface area (Å²) in [7, 11) is 0. The van der Waals surface area contributed by atoms with Crippen LogP contribution >= 0.6 is 11.6 Å². The zero-order valence-electron chi connectivity index (χ0n) is 12.1. The molecule has 116 valence electrons. The fourth-order valence-electron chi connectivity index (χ4n) is 2.65. The Morgan fingerprint density at radius 1 is 1.55 bits per heavy atom. The summed E-state index contributed by atoms with van der Waals surface area (Å²) in [5, 5.41) is 0.634.